The second kappa shape index (κ2) is 5.91. The van der Waals surface area contributed by atoms with Crippen LogP contribution in [0.2, 0.25) is 0 Å². The molecule has 0 heterocycles. The Hall–Kier alpha value is -2.09. The molecule has 2 heteroatoms. The molecule has 0 fully saturated rings. The fraction of sp³-hybridized carbons (Fsp3) is 0.278. The zero-order chi connectivity index (χ0) is 14.7. The summed E-state index contributed by atoms with van der Waals surface area (Å²) in [6, 6.07) is 12.2. The van der Waals surface area contributed by atoms with E-state index in [1.807, 2.05) is 32.0 Å². The lowest BCUT2D eigenvalue weighted by atomic mass is 10.0. The molecule has 2 aromatic rings. The highest BCUT2D eigenvalue weighted by Crippen LogP contribution is 2.15. The van der Waals surface area contributed by atoms with Crippen molar-refractivity contribution in [1.29, 1.82) is 0 Å². The van der Waals surface area contributed by atoms with Crippen LogP contribution in [0, 0.1) is 27.7 Å². The van der Waals surface area contributed by atoms with Gasteiger partial charge in [-0.3, -0.25) is 4.79 Å². The molecule has 2 aromatic carbocycles. The Labute approximate surface area is 120 Å². The van der Waals surface area contributed by atoms with Gasteiger partial charge in [-0.25, -0.2) is 0 Å². The normalized spacial score (nSPS) is 10.4. The Kier molecular flexibility index (Phi) is 4.23. The van der Waals surface area contributed by atoms with Crippen LogP contribution in [0.25, 0.3) is 0 Å². The first-order chi connectivity index (χ1) is 9.47. The van der Waals surface area contributed by atoms with Crippen LogP contribution in [0.5, 0.6) is 0 Å². The Bertz CT molecular complexity index is 644. The minimum absolute atomic E-state index is 0.00731. The third kappa shape index (κ3) is 3.27. The molecule has 0 aliphatic carbocycles. The van der Waals surface area contributed by atoms with Crippen LogP contribution in [0.3, 0.4) is 0 Å². The molecule has 2 rings (SSSR count). The fourth-order valence-corrected chi connectivity index (χ4v) is 2.30. The lowest BCUT2D eigenvalue weighted by Gasteiger charge is -2.11. The molecule has 0 saturated carbocycles. The lowest BCUT2D eigenvalue weighted by Crippen LogP contribution is -2.23. The summed E-state index contributed by atoms with van der Waals surface area (Å²) < 4.78 is 0. The van der Waals surface area contributed by atoms with Gasteiger partial charge in [0.25, 0.3) is 5.91 Å². The second-order valence-electron chi connectivity index (χ2n) is 5.42. The summed E-state index contributed by atoms with van der Waals surface area (Å²) in [5, 5.41) is 2.99. The van der Waals surface area contributed by atoms with Gasteiger partial charge in [0.05, 0.1) is 0 Å². The molecule has 0 aromatic heterocycles. The highest BCUT2D eigenvalue weighted by Gasteiger charge is 2.10. The van der Waals surface area contributed by atoms with E-state index < -0.39 is 0 Å². The van der Waals surface area contributed by atoms with E-state index in [2.05, 4.69) is 37.4 Å². The van der Waals surface area contributed by atoms with Crippen LogP contribution in [0.4, 0.5) is 0 Å². The Morgan fingerprint density at radius 3 is 2.35 bits per heavy atom. The van der Waals surface area contributed by atoms with Crippen molar-refractivity contribution in [2.24, 2.45) is 0 Å². The first-order valence-corrected chi connectivity index (χ1v) is 6.89. The smallest absolute Gasteiger partial charge is 0.251 e. The van der Waals surface area contributed by atoms with Crippen LogP contribution in [0.1, 0.15) is 38.2 Å². The Balaban J connectivity index is 2.11. The summed E-state index contributed by atoms with van der Waals surface area (Å²) in [5.74, 6) is -0.00731. The van der Waals surface area contributed by atoms with Crippen LogP contribution in [-0.2, 0) is 6.54 Å². The number of rotatable bonds is 3. The van der Waals surface area contributed by atoms with Crippen LogP contribution >= 0.6 is 0 Å². The number of hydrogen-bond donors (Lipinski definition) is 1. The Morgan fingerprint density at radius 1 is 0.950 bits per heavy atom. The van der Waals surface area contributed by atoms with Crippen molar-refractivity contribution < 1.29 is 4.79 Å². The number of carbonyl (C=O) groups is 1. The predicted molar refractivity (Wildman–Crippen MR) is 83.0 cm³/mol. The highest BCUT2D eigenvalue weighted by molar-refractivity contribution is 5.95. The third-order valence-electron chi connectivity index (χ3n) is 3.62. The molecule has 2 nitrogen and oxygen atoms in total. The maximum absolute atomic E-state index is 12.3. The van der Waals surface area contributed by atoms with Crippen molar-refractivity contribution in [2.75, 3.05) is 0 Å². The molecule has 104 valence electrons. The monoisotopic (exact) mass is 267 g/mol. The molecule has 0 unspecified atom stereocenters. The van der Waals surface area contributed by atoms with E-state index in [-0.39, 0.29) is 5.91 Å². The number of hydrogen-bond acceptors (Lipinski definition) is 1. The SMILES string of the molecule is Cc1cccc(CNC(=O)c2cc(C)c(C)cc2C)c1. The topological polar surface area (TPSA) is 29.1 Å². The summed E-state index contributed by atoms with van der Waals surface area (Å²) in [5.41, 5.74) is 6.49. The van der Waals surface area contributed by atoms with Crippen molar-refractivity contribution in [3.8, 4) is 0 Å². The van der Waals surface area contributed by atoms with E-state index >= 15 is 0 Å². The van der Waals surface area contributed by atoms with E-state index in [0.29, 0.717) is 6.54 Å². The molecular formula is C18H21NO. The number of aryl methyl sites for hydroxylation is 4. The highest BCUT2D eigenvalue weighted by atomic mass is 16.1. The lowest BCUT2D eigenvalue weighted by molar-refractivity contribution is 0.0950. The second-order valence-corrected chi connectivity index (χ2v) is 5.42. The van der Waals surface area contributed by atoms with Gasteiger partial charge < -0.3 is 5.32 Å². The number of amides is 1. The van der Waals surface area contributed by atoms with Gasteiger partial charge in [0.15, 0.2) is 0 Å². The van der Waals surface area contributed by atoms with Gasteiger partial charge in [0, 0.05) is 12.1 Å². The van der Waals surface area contributed by atoms with Gasteiger partial charge in [-0.1, -0.05) is 35.9 Å². The van der Waals surface area contributed by atoms with E-state index in [9.17, 15) is 4.79 Å². The molecule has 20 heavy (non-hydrogen) atoms. The van der Waals surface area contributed by atoms with E-state index in [0.717, 1.165) is 22.3 Å². The minimum Gasteiger partial charge on any atom is -0.348 e. The zero-order valence-electron chi connectivity index (χ0n) is 12.6. The summed E-state index contributed by atoms with van der Waals surface area (Å²) in [4.78, 5) is 12.3. The number of benzene rings is 2. The summed E-state index contributed by atoms with van der Waals surface area (Å²) in [6.07, 6.45) is 0. The van der Waals surface area contributed by atoms with Crippen molar-refractivity contribution in [3.63, 3.8) is 0 Å². The fourth-order valence-electron chi connectivity index (χ4n) is 2.30. The average molecular weight is 267 g/mol. The van der Waals surface area contributed by atoms with Gasteiger partial charge >= 0.3 is 0 Å². The van der Waals surface area contributed by atoms with Crippen LogP contribution in [0.15, 0.2) is 36.4 Å². The van der Waals surface area contributed by atoms with Gasteiger partial charge in [-0.15, -0.1) is 0 Å². The van der Waals surface area contributed by atoms with E-state index in [1.165, 1.54) is 11.1 Å². The van der Waals surface area contributed by atoms with E-state index in [1.54, 1.807) is 0 Å². The van der Waals surface area contributed by atoms with Crippen molar-refractivity contribution >= 4 is 5.91 Å². The minimum atomic E-state index is -0.00731. The molecule has 1 amide bonds. The molecule has 0 radical (unpaired) electrons. The van der Waals surface area contributed by atoms with Gasteiger partial charge in [-0.05, 0) is 56.0 Å². The summed E-state index contributed by atoms with van der Waals surface area (Å²) in [6.45, 7) is 8.70. The average Bonchev–Trinajstić information content (AvgIpc) is 2.40. The summed E-state index contributed by atoms with van der Waals surface area (Å²) in [7, 11) is 0. The van der Waals surface area contributed by atoms with E-state index in [4.69, 9.17) is 0 Å². The standard InChI is InChI=1S/C18H21NO/c1-12-6-5-7-16(8-12)11-19-18(20)17-10-14(3)13(2)9-15(17)4/h5-10H,11H2,1-4H3,(H,19,20). The van der Waals surface area contributed by atoms with Crippen LogP contribution in [-0.4, -0.2) is 5.91 Å². The van der Waals surface area contributed by atoms with Gasteiger partial charge in [0.2, 0.25) is 0 Å². The predicted octanol–water partition coefficient (Wildman–Crippen LogP) is 3.85. The maximum atomic E-state index is 12.3. The molecule has 0 spiro atoms. The molecule has 0 atom stereocenters. The van der Waals surface area contributed by atoms with Crippen molar-refractivity contribution in [1.82, 2.24) is 5.32 Å². The van der Waals surface area contributed by atoms with Gasteiger partial charge in [-0.2, -0.15) is 0 Å². The zero-order valence-corrected chi connectivity index (χ0v) is 12.6. The molecule has 0 aliphatic rings. The quantitative estimate of drug-likeness (QED) is 0.899. The first kappa shape index (κ1) is 14.3. The van der Waals surface area contributed by atoms with Crippen LogP contribution < -0.4 is 5.32 Å². The number of carbonyl (C=O) groups excluding carboxylic acids is 1. The first-order valence-electron chi connectivity index (χ1n) is 6.89. The molecule has 0 bridgehead atoms. The molecule has 0 saturated heterocycles. The summed E-state index contributed by atoms with van der Waals surface area (Å²) >= 11 is 0. The Morgan fingerprint density at radius 2 is 1.65 bits per heavy atom. The van der Waals surface area contributed by atoms with Gasteiger partial charge in [0.1, 0.15) is 0 Å². The molecular weight excluding hydrogens is 246 g/mol. The molecule has 0 aliphatic heterocycles. The largest absolute Gasteiger partial charge is 0.348 e. The van der Waals surface area contributed by atoms with Crippen molar-refractivity contribution in [2.45, 2.75) is 34.2 Å². The number of nitrogens with one attached hydrogen (secondary N) is 1. The molecule has 1 N–H and O–H groups in total. The third-order valence-corrected chi connectivity index (χ3v) is 3.62. The maximum Gasteiger partial charge on any atom is 0.251 e. The van der Waals surface area contributed by atoms with Crippen molar-refractivity contribution in [3.05, 3.63) is 69.8 Å².